The second kappa shape index (κ2) is 7.05. The summed E-state index contributed by atoms with van der Waals surface area (Å²) in [5.41, 5.74) is 1.29. The van der Waals surface area contributed by atoms with Crippen molar-refractivity contribution >= 4 is 16.0 Å². The zero-order valence-corrected chi connectivity index (χ0v) is 12.0. The van der Waals surface area contributed by atoms with Gasteiger partial charge in [0.05, 0.1) is 12.0 Å². The molecule has 0 aromatic heterocycles. The topological polar surface area (TPSA) is 92.7 Å². The average Bonchev–Trinajstić information content (AvgIpc) is 2.43. The van der Waals surface area contributed by atoms with E-state index in [4.69, 9.17) is 5.11 Å². The van der Waals surface area contributed by atoms with E-state index in [0.717, 1.165) is 0 Å². The summed E-state index contributed by atoms with van der Waals surface area (Å²) in [6, 6.07) is 4.37. The predicted octanol–water partition coefficient (Wildman–Crippen LogP) is -0.210. The van der Waals surface area contributed by atoms with E-state index >= 15 is 0 Å². The highest BCUT2D eigenvalue weighted by Gasteiger charge is 2.16. The van der Waals surface area contributed by atoms with Crippen molar-refractivity contribution in [1.82, 2.24) is 4.72 Å². The minimum Gasteiger partial charge on any atom is -0.468 e. The quantitative estimate of drug-likeness (QED) is 0.592. The molecule has 0 spiro atoms. The number of carbonyl (C=O) groups excluding carboxylic acids is 1. The molecule has 0 radical (unpaired) electrons. The third-order valence-electron chi connectivity index (χ3n) is 2.44. The molecule has 20 heavy (non-hydrogen) atoms. The number of aliphatic hydroxyl groups excluding tert-OH is 1. The van der Waals surface area contributed by atoms with Crippen LogP contribution in [0.4, 0.5) is 0 Å². The van der Waals surface area contributed by atoms with Crippen LogP contribution in [0.25, 0.3) is 0 Å². The van der Waals surface area contributed by atoms with Gasteiger partial charge in [-0.1, -0.05) is 11.8 Å². The van der Waals surface area contributed by atoms with Crippen LogP contribution in [0.5, 0.6) is 0 Å². The molecule has 7 heteroatoms. The fourth-order valence-corrected chi connectivity index (χ4v) is 2.44. The number of methoxy groups -OCH3 is 1. The number of aliphatic hydroxyl groups is 1. The molecule has 0 amide bonds. The van der Waals surface area contributed by atoms with E-state index in [0.29, 0.717) is 11.1 Å². The molecule has 0 saturated carbocycles. The van der Waals surface area contributed by atoms with Crippen LogP contribution in [0, 0.1) is 18.8 Å². The molecule has 1 aromatic rings. The summed E-state index contributed by atoms with van der Waals surface area (Å²) in [6.45, 7) is 1.02. The van der Waals surface area contributed by atoms with Crippen molar-refractivity contribution in [3.05, 3.63) is 29.3 Å². The smallest absolute Gasteiger partial charge is 0.320 e. The number of ether oxygens (including phenoxy) is 1. The van der Waals surface area contributed by atoms with Crippen LogP contribution in [0.15, 0.2) is 23.1 Å². The number of nitrogens with one attached hydrogen (secondary N) is 1. The molecule has 6 nitrogen and oxygen atoms in total. The number of hydrogen-bond donors (Lipinski definition) is 2. The van der Waals surface area contributed by atoms with E-state index in [1.807, 2.05) is 0 Å². The van der Waals surface area contributed by atoms with Crippen LogP contribution in [0.2, 0.25) is 0 Å². The first-order chi connectivity index (χ1) is 9.40. The summed E-state index contributed by atoms with van der Waals surface area (Å²) in [4.78, 5) is 11.0. The first kappa shape index (κ1) is 16.2. The molecular formula is C13H15NO5S. The van der Waals surface area contributed by atoms with Gasteiger partial charge in [0.2, 0.25) is 10.0 Å². The molecule has 0 bridgehead atoms. The Balaban J connectivity index is 2.97. The normalized spacial score (nSPS) is 10.6. The van der Waals surface area contributed by atoms with Gasteiger partial charge >= 0.3 is 5.97 Å². The zero-order chi connectivity index (χ0) is 15.2. The Kier molecular flexibility index (Phi) is 5.70. The Bertz CT molecular complexity index is 655. The Morgan fingerprint density at radius 2 is 2.15 bits per heavy atom. The Labute approximate surface area is 117 Å². The van der Waals surface area contributed by atoms with Crippen molar-refractivity contribution in [2.45, 2.75) is 11.8 Å². The van der Waals surface area contributed by atoms with Crippen molar-refractivity contribution in [1.29, 1.82) is 0 Å². The summed E-state index contributed by atoms with van der Waals surface area (Å²) in [5, 5.41) is 8.62. The lowest BCUT2D eigenvalue weighted by molar-refractivity contribution is -0.139. The maximum Gasteiger partial charge on any atom is 0.320 e. The molecule has 1 aromatic carbocycles. The number of carbonyl (C=O) groups is 1. The average molecular weight is 297 g/mol. The zero-order valence-electron chi connectivity index (χ0n) is 11.1. The molecule has 108 valence electrons. The largest absolute Gasteiger partial charge is 0.468 e. The monoisotopic (exact) mass is 297 g/mol. The van der Waals surface area contributed by atoms with Gasteiger partial charge in [-0.2, -0.15) is 4.72 Å². The number of aryl methyl sites for hydroxylation is 1. The number of hydrogen-bond acceptors (Lipinski definition) is 5. The van der Waals surface area contributed by atoms with Crippen molar-refractivity contribution in [2.24, 2.45) is 0 Å². The molecule has 0 unspecified atom stereocenters. The molecule has 0 saturated heterocycles. The van der Waals surface area contributed by atoms with Gasteiger partial charge in [-0.15, -0.1) is 0 Å². The summed E-state index contributed by atoms with van der Waals surface area (Å²) in [5.74, 6) is 4.53. The van der Waals surface area contributed by atoms with Crippen molar-refractivity contribution < 1.29 is 23.1 Å². The van der Waals surface area contributed by atoms with Gasteiger partial charge in [0.25, 0.3) is 0 Å². The Morgan fingerprint density at radius 3 is 2.70 bits per heavy atom. The second-order valence-corrected chi connectivity index (χ2v) is 5.60. The van der Waals surface area contributed by atoms with Crippen molar-refractivity contribution in [2.75, 3.05) is 20.3 Å². The third kappa shape index (κ3) is 4.35. The molecule has 0 fully saturated rings. The first-order valence-corrected chi connectivity index (χ1v) is 7.16. The fourth-order valence-electron chi connectivity index (χ4n) is 1.39. The molecule has 0 atom stereocenters. The van der Waals surface area contributed by atoms with Crippen LogP contribution in [0.3, 0.4) is 0 Å². The lowest BCUT2D eigenvalue weighted by atomic mass is 10.1. The minimum absolute atomic E-state index is 0.0356. The maximum atomic E-state index is 11.9. The van der Waals surface area contributed by atoms with E-state index < -0.39 is 22.5 Å². The summed E-state index contributed by atoms with van der Waals surface area (Å²) < 4.78 is 30.4. The Hall–Kier alpha value is -1.88. The lowest BCUT2D eigenvalue weighted by Crippen LogP contribution is -2.30. The van der Waals surface area contributed by atoms with Crippen LogP contribution in [-0.2, 0) is 19.6 Å². The fraction of sp³-hybridized carbons (Fsp3) is 0.308. The van der Waals surface area contributed by atoms with E-state index in [1.165, 1.54) is 19.2 Å². The summed E-state index contributed by atoms with van der Waals surface area (Å²) in [7, 11) is -2.60. The van der Waals surface area contributed by atoms with Crippen LogP contribution >= 0.6 is 0 Å². The van der Waals surface area contributed by atoms with Crippen LogP contribution in [-0.4, -0.2) is 39.8 Å². The van der Waals surface area contributed by atoms with Gasteiger partial charge in [0, 0.05) is 5.56 Å². The van der Waals surface area contributed by atoms with E-state index in [9.17, 15) is 13.2 Å². The molecular weight excluding hydrogens is 282 g/mol. The van der Waals surface area contributed by atoms with Crippen molar-refractivity contribution in [3.63, 3.8) is 0 Å². The number of esters is 1. The second-order valence-electron chi connectivity index (χ2n) is 3.84. The van der Waals surface area contributed by atoms with Gasteiger partial charge in [0.15, 0.2) is 0 Å². The standard InChI is InChI=1S/C13H15NO5S/c1-10-8-12(6-5-11(10)4-3-7-15)20(17,18)14-9-13(16)19-2/h5-6,8,14-15H,7,9H2,1-2H3. The van der Waals surface area contributed by atoms with E-state index in [1.54, 1.807) is 13.0 Å². The Morgan fingerprint density at radius 1 is 1.45 bits per heavy atom. The molecule has 0 aliphatic heterocycles. The first-order valence-electron chi connectivity index (χ1n) is 5.67. The lowest BCUT2D eigenvalue weighted by Gasteiger charge is -2.07. The highest BCUT2D eigenvalue weighted by molar-refractivity contribution is 7.89. The van der Waals surface area contributed by atoms with E-state index in [2.05, 4.69) is 21.3 Å². The van der Waals surface area contributed by atoms with Crippen LogP contribution < -0.4 is 4.72 Å². The molecule has 0 aliphatic rings. The maximum absolute atomic E-state index is 11.9. The predicted molar refractivity (Wildman–Crippen MR) is 72.3 cm³/mol. The number of benzene rings is 1. The van der Waals surface area contributed by atoms with Gasteiger partial charge in [0.1, 0.15) is 13.2 Å². The van der Waals surface area contributed by atoms with Crippen molar-refractivity contribution in [3.8, 4) is 11.8 Å². The van der Waals surface area contributed by atoms with Gasteiger partial charge < -0.3 is 9.84 Å². The third-order valence-corrected chi connectivity index (χ3v) is 3.84. The molecule has 1 rings (SSSR count). The highest BCUT2D eigenvalue weighted by Crippen LogP contribution is 2.14. The van der Waals surface area contributed by atoms with Gasteiger partial charge in [-0.3, -0.25) is 4.79 Å². The molecule has 2 N–H and O–H groups in total. The van der Waals surface area contributed by atoms with E-state index in [-0.39, 0.29) is 11.5 Å². The van der Waals surface area contributed by atoms with Gasteiger partial charge in [-0.05, 0) is 30.7 Å². The molecule has 0 heterocycles. The SMILES string of the molecule is COC(=O)CNS(=O)(=O)c1ccc(C#CCO)c(C)c1. The van der Waals surface area contributed by atoms with Crippen LogP contribution in [0.1, 0.15) is 11.1 Å². The number of sulfonamides is 1. The number of rotatable bonds is 4. The minimum atomic E-state index is -3.77. The van der Waals surface area contributed by atoms with Gasteiger partial charge in [-0.25, -0.2) is 8.42 Å². The summed E-state index contributed by atoms with van der Waals surface area (Å²) >= 11 is 0. The highest BCUT2D eigenvalue weighted by atomic mass is 32.2. The molecule has 0 aliphatic carbocycles. The summed E-state index contributed by atoms with van der Waals surface area (Å²) in [6.07, 6.45) is 0.